The van der Waals surface area contributed by atoms with E-state index in [0.29, 0.717) is 25.5 Å². The highest BCUT2D eigenvalue weighted by molar-refractivity contribution is 5.14. The maximum atomic E-state index is 10.2. The van der Waals surface area contributed by atoms with Gasteiger partial charge in [0.05, 0.1) is 25.4 Å². The van der Waals surface area contributed by atoms with E-state index in [9.17, 15) is 10.2 Å². The molecule has 3 rings (SSSR count). The predicted molar refractivity (Wildman–Crippen MR) is 88.7 cm³/mol. The first-order chi connectivity index (χ1) is 11.5. The van der Waals surface area contributed by atoms with Crippen LogP contribution in [0.25, 0.3) is 0 Å². The summed E-state index contributed by atoms with van der Waals surface area (Å²) in [7, 11) is 0. The van der Waals surface area contributed by atoms with Gasteiger partial charge < -0.3 is 24.7 Å². The van der Waals surface area contributed by atoms with Gasteiger partial charge in [-0.1, -0.05) is 6.07 Å². The van der Waals surface area contributed by atoms with Gasteiger partial charge in [-0.3, -0.25) is 0 Å². The average molecular weight is 332 g/mol. The Hall–Kier alpha value is -1.89. The van der Waals surface area contributed by atoms with Crippen LogP contribution < -0.4 is 10.1 Å². The Morgan fingerprint density at radius 2 is 2.04 bits per heavy atom. The molecule has 1 saturated carbocycles. The fraction of sp³-hybridized carbons (Fsp3) is 0.500. The van der Waals surface area contributed by atoms with Crippen LogP contribution in [0.2, 0.25) is 0 Å². The minimum Gasteiger partial charge on any atom is -0.477 e. The zero-order valence-electron chi connectivity index (χ0n) is 14.0. The van der Waals surface area contributed by atoms with Crippen molar-refractivity contribution in [3.05, 3.63) is 47.5 Å². The number of nitrogens with one attached hydrogen (secondary N) is 1. The van der Waals surface area contributed by atoms with Crippen LogP contribution in [0.1, 0.15) is 23.6 Å². The van der Waals surface area contributed by atoms with E-state index >= 15 is 0 Å². The van der Waals surface area contributed by atoms with Crippen molar-refractivity contribution in [2.45, 2.75) is 45.1 Å². The van der Waals surface area contributed by atoms with E-state index in [0.717, 1.165) is 17.2 Å². The second-order valence-corrected chi connectivity index (χ2v) is 6.40. The van der Waals surface area contributed by atoms with Gasteiger partial charge in [-0.2, -0.15) is 0 Å². The Kier molecular flexibility index (Phi) is 5.18. The molecule has 0 bridgehead atoms. The highest BCUT2D eigenvalue weighted by Crippen LogP contribution is 2.28. The molecule has 1 fully saturated rings. The Balaban J connectivity index is 1.52. The average Bonchev–Trinajstić information content (AvgIpc) is 3.09. The minimum atomic E-state index is -0.819. The summed E-state index contributed by atoms with van der Waals surface area (Å²) >= 11 is 0. The number of aliphatic hydroxyl groups excluding tert-OH is 2. The van der Waals surface area contributed by atoms with Gasteiger partial charge in [-0.15, -0.1) is 0 Å². The Morgan fingerprint density at radius 1 is 1.21 bits per heavy atom. The third kappa shape index (κ3) is 3.95. The molecule has 6 nitrogen and oxygen atoms in total. The van der Waals surface area contributed by atoms with E-state index in [1.54, 1.807) is 6.07 Å². The van der Waals surface area contributed by atoms with E-state index in [-0.39, 0.29) is 12.0 Å². The number of ether oxygens (including phenoxy) is 1. The van der Waals surface area contributed by atoms with Crippen LogP contribution in [0, 0.1) is 19.8 Å². The topological polar surface area (TPSA) is 87.8 Å². The Labute approximate surface area is 141 Å². The van der Waals surface area contributed by atoms with Crippen LogP contribution in [0.15, 0.2) is 34.7 Å². The third-order valence-electron chi connectivity index (χ3n) is 4.44. The van der Waals surface area contributed by atoms with Gasteiger partial charge in [-0.25, -0.2) is 4.98 Å². The second kappa shape index (κ2) is 7.34. The highest BCUT2D eigenvalue weighted by Gasteiger charge is 2.41. The lowest BCUT2D eigenvalue weighted by Crippen LogP contribution is -2.39. The largest absolute Gasteiger partial charge is 0.477 e. The van der Waals surface area contributed by atoms with Gasteiger partial charge in [0.15, 0.2) is 0 Å². The molecule has 2 heterocycles. The van der Waals surface area contributed by atoms with Crippen molar-refractivity contribution < 1.29 is 19.4 Å². The predicted octanol–water partition coefficient (Wildman–Crippen LogP) is 1.57. The number of aromatic nitrogens is 1. The molecule has 1 aliphatic rings. The molecule has 0 unspecified atom stereocenters. The first-order valence-electron chi connectivity index (χ1n) is 8.24. The molecule has 2 aromatic heterocycles. The monoisotopic (exact) mass is 332 g/mol. The molecule has 0 saturated heterocycles. The molecular formula is C18H24N2O4. The highest BCUT2D eigenvalue weighted by atomic mass is 16.5. The summed E-state index contributed by atoms with van der Waals surface area (Å²) < 4.78 is 11.2. The summed E-state index contributed by atoms with van der Waals surface area (Å²) in [6.45, 7) is 4.64. The molecule has 2 aromatic rings. The van der Waals surface area contributed by atoms with Crippen molar-refractivity contribution in [1.82, 2.24) is 10.3 Å². The molecule has 130 valence electrons. The van der Waals surface area contributed by atoms with Crippen molar-refractivity contribution in [1.29, 1.82) is 0 Å². The van der Waals surface area contributed by atoms with E-state index < -0.39 is 12.2 Å². The second-order valence-electron chi connectivity index (χ2n) is 6.40. The number of pyridine rings is 1. The van der Waals surface area contributed by atoms with Crippen molar-refractivity contribution in [2.24, 2.45) is 5.92 Å². The maximum Gasteiger partial charge on any atom is 0.213 e. The number of furan rings is 1. The van der Waals surface area contributed by atoms with E-state index in [2.05, 4.69) is 10.3 Å². The molecule has 0 spiro atoms. The third-order valence-corrected chi connectivity index (χ3v) is 4.44. The van der Waals surface area contributed by atoms with Gasteiger partial charge in [0.1, 0.15) is 11.5 Å². The Bertz CT molecular complexity index is 673. The zero-order valence-corrected chi connectivity index (χ0v) is 14.0. The van der Waals surface area contributed by atoms with Crippen LogP contribution in [0.5, 0.6) is 5.88 Å². The number of aliphatic hydroxyl groups is 2. The molecular weight excluding hydrogens is 308 g/mol. The fourth-order valence-electron chi connectivity index (χ4n) is 3.10. The van der Waals surface area contributed by atoms with Gasteiger partial charge in [-0.05, 0) is 38.5 Å². The number of nitrogens with zero attached hydrogens (tertiary/aromatic N) is 1. The quantitative estimate of drug-likeness (QED) is 0.744. The maximum absolute atomic E-state index is 10.2. The van der Waals surface area contributed by atoms with Crippen molar-refractivity contribution in [3.63, 3.8) is 0 Å². The lowest BCUT2D eigenvalue weighted by Gasteiger charge is -2.17. The SMILES string of the molecule is Cc1cccc(OC[C@H]2C[C@@H](NCc3ccc(C)o3)[C@H](O)[C@@H]2O)n1. The summed E-state index contributed by atoms with van der Waals surface area (Å²) in [6, 6.07) is 9.20. The minimum absolute atomic E-state index is 0.141. The smallest absolute Gasteiger partial charge is 0.213 e. The molecule has 0 radical (unpaired) electrons. The summed E-state index contributed by atoms with van der Waals surface area (Å²) in [5.74, 6) is 2.07. The lowest BCUT2D eigenvalue weighted by atomic mass is 10.1. The summed E-state index contributed by atoms with van der Waals surface area (Å²) in [4.78, 5) is 4.28. The van der Waals surface area contributed by atoms with Crippen molar-refractivity contribution in [3.8, 4) is 5.88 Å². The summed E-state index contributed by atoms with van der Waals surface area (Å²) in [6.07, 6.45) is -1.00. The lowest BCUT2D eigenvalue weighted by molar-refractivity contribution is 0.00157. The van der Waals surface area contributed by atoms with Gasteiger partial charge in [0.25, 0.3) is 0 Å². The van der Waals surface area contributed by atoms with Crippen molar-refractivity contribution in [2.75, 3.05) is 6.61 Å². The van der Waals surface area contributed by atoms with E-state index in [1.807, 2.05) is 38.1 Å². The molecule has 1 aliphatic carbocycles. The Morgan fingerprint density at radius 3 is 2.75 bits per heavy atom. The van der Waals surface area contributed by atoms with Crippen LogP contribution in [-0.2, 0) is 6.54 Å². The molecule has 24 heavy (non-hydrogen) atoms. The fourth-order valence-corrected chi connectivity index (χ4v) is 3.10. The first kappa shape index (κ1) is 17.0. The number of hydrogen-bond acceptors (Lipinski definition) is 6. The van der Waals surface area contributed by atoms with Gasteiger partial charge in [0.2, 0.25) is 5.88 Å². The normalized spacial score (nSPS) is 26.7. The van der Waals surface area contributed by atoms with Crippen LogP contribution in [0.4, 0.5) is 0 Å². The van der Waals surface area contributed by atoms with E-state index in [4.69, 9.17) is 9.15 Å². The van der Waals surface area contributed by atoms with Gasteiger partial charge in [0, 0.05) is 23.7 Å². The van der Waals surface area contributed by atoms with Crippen LogP contribution in [-0.4, -0.2) is 40.1 Å². The number of aryl methyl sites for hydroxylation is 2. The molecule has 4 atom stereocenters. The van der Waals surface area contributed by atoms with Gasteiger partial charge >= 0.3 is 0 Å². The van der Waals surface area contributed by atoms with Crippen LogP contribution >= 0.6 is 0 Å². The summed E-state index contributed by atoms with van der Waals surface area (Å²) in [5, 5.41) is 23.7. The first-order valence-corrected chi connectivity index (χ1v) is 8.24. The zero-order chi connectivity index (χ0) is 17.1. The van der Waals surface area contributed by atoms with Crippen LogP contribution in [0.3, 0.4) is 0 Å². The van der Waals surface area contributed by atoms with E-state index in [1.165, 1.54) is 0 Å². The van der Waals surface area contributed by atoms with Crippen molar-refractivity contribution >= 4 is 0 Å². The molecule has 0 aromatic carbocycles. The number of rotatable bonds is 6. The molecule has 3 N–H and O–H groups in total. The molecule has 0 aliphatic heterocycles. The number of hydrogen-bond donors (Lipinski definition) is 3. The standard InChI is InChI=1S/C18H24N2O4/c1-11-4-3-5-16(20-11)23-10-13-8-15(18(22)17(13)21)19-9-14-7-6-12(2)24-14/h3-7,13,15,17-19,21-22H,8-10H2,1-2H3/t13-,15-,17-,18+/m1/s1. The molecule has 0 amide bonds. The summed E-state index contributed by atoms with van der Waals surface area (Å²) in [5.41, 5.74) is 0.882. The molecule has 6 heteroatoms.